The van der Waals surface area contributed by atoms with E-state index in [0.717, 1.165) is 15.9 Å². The van der Waals surface area contributed by atoms with Gasteiger partial charge >= 0.3 is 0 Å². The molecule has 3 aromatic rings. The predicted octanol–water partition coefficient (Wildman–Crippen LogP) is 3.49. The first-order valence-corrected chi connectivity index (χ1v) is 8.47. The molecule has 0 saturated heterocycles. The van der Waals surface area contributed by atoms with Crippen molar-refractivity contribution >= 4 is 50.0 Å². The number of alkyl halides is 1. The lowest BCUT2D eigenvalue weighted by Gasteiger charge is -2.07. The fourth-order valence-corrected chi connectivity index (χ4v) is 3.77. The zero-order valence-corrected chi connectivity index (χ0v) is 14.4. The van der Waals surface area contributed by atoms with Crippen LogP contribution in [0.3, 0.4) is 0 Å². The van der Waals surface area contributed by atoms with Gasteiger partial charge in [-0.15, -0.1) is 22.9 Å². The Hall–Kier alpha value is -1.18. The lowest BCUT2D eigenvalue weighted by atomic mass is 10.4. The molecule has 0 radical (unpaired) electrons. The summed E-state index contributed by atoms with van der Waals surface area (Å²) in [6.07, 6.45) is 2.16. The topological polar surface area (TPSA) is 52.8 Å². The predicted molar refractivity (Wildman–Crippen MR) is 87.4 cm³/mol. The Morgan fingerprint density at radius 2 is 2.29 bits per heavy atom. The molecule has 0 atom stereocenters. The Kier molecular flexibility index (Phi) is 4.42. The highest BCUT2D eigenvalue weighted by molar-refractivity contribution is 9.10. The number of fused-ring (bicyclic) bond motifs is 1. The van der Waals surface area contributed by atoms with Gasteiger partial charge in [0.15, 0.2) is 11.2 Å². The molecule has 0 fully saturated rings. The van der Waals surface area contributed by atoms with E-state index in [2.05, 4.69) is 40.8 Å². The number of methoxy groups -OCH3 is 1. The van der Waals surface area contributed by atoms with Crippen LogP contribution in [0.15, 0.2) is 22.2 Å². The van der Waals surface area contributed by atoms with Crippen molar-refractivity contribution in [2.24, 2.45) is 0 Å². The first-order valence-electron chi connectivity index (χ1n) is 6.26. The maximum Gasteiger partial charge on any atom is 0.245 e. The monoisotopic (exact) mass is 386 g/mol. The molecule has 0 N–H and O–H groups in total. The molecule has 0 aliphatic carbocycles. The maximum atomic E-state index is 5.90. The molecule has 3 aromatic heterocycles. The number of hydrogen-bond acceptors (Lipinski definition) is 5. The molecule has 0 unspecified atom stereocenters. The molecule has 0 bridgehead atoms. The summed E-state index contributed by atoms with van der Waals surface area (Å²) < 4.78 is 8.42. The number of aryl methyl sites for hydroxylation is 1. The third-order valence-electron chi connectivity index (χ3n) is 3.08. The van der Waals surface area contributed by atoms with Gasteiger partial charge < -0.3 is 9.30 Å². The zero-order valence-electron chi connectivity index (χ0n) is 11.2. The molecule has 0 aliphatic heterocycles. The van der Waals surface area contributed by atoms with Crippen LogP contribution in [-0.4, -0.2) is 32.5 Å². The number of hydrogen-bond donors (Lipinski definition) is 0. The number of ether oxygens (including phenoxy) is 1. The highest BCUT2D eigenvalue weighted by Gasteiger charge is 2.17. The Labute approximate surface area is 139 Å². The number of halogens is 2. The van der Waals surface area contributed by atoms with Crippen LogP contribution in [0.1, 0.15) is 10.7 Å². The molecule has 0 spiro atoms. The Balaban J connectivity index is 2.14. The van der Waals surface area contributed by atoms with Crippen LogP contribution in [-0.2, 0) is 13.0 Å². The lowest BCUT2D eigenvalue weighted by Crippen LogP contribution is -2.06. The summed E-state index contributed by atoms with van der Waals surface area (Å²) in [6.45, 7) is 0.696. The minimum atomic E-state index is 0.486. The molecular weight excluding hydrogens is 376 g/mol. The van der Waals surface area contributed by atoms with Crippen LogP contribution in [0.5, 0.6) is 5.88 Å². The van der Waals surface area contributed by atoms with Crippen LogP contribution in [0.4, 0.5) is 0 Å². The molecule has 21 heavy (non-hydrogen) atoms. The van der Waals surface area contributed by atoms with Crippen molar-refractivity contribution in [1.82, 2.24) is 19.5 Å². The quantitative estimate of drug-likeness (QED) is 0.629. The summed E-state index contributed by atoms with van der Waals surface area (Å²) in [5.74, 6) is 1.88. The minimum Gasteiger partial charge on any atom is -0.479 e. The summed E-state index contributed by atoms with van der Waals surface area (Å²) in [5.41, 5.74) is 1.44. The van der Waals surface area contributed by atoms with Gasteiger partial charge in [0, 0.05) is 21.7 Å². The van der Waals surface area contributed by atoms with Crippen LogP contribution >= 0.6 is 38.9 Å². The molecule has 110 valence electrons. The van der Waals surface area contributed by atoms with Gasteiger partial charge in [0.25, 0.3) is 0 Å². The van der Waals surface area contributed by atoms with Crippen LogP contribution < -0.4 is 4.74 Å². The second-order valence-electron chi connectivity index (χ2n) is 4.30. The summed E-state index contributed by atoms with van der Waals surface area (Å²) >= 11 is 11.1. The number of rotatable bonds is 5. The van der Waals surface area contributed by atoms with Crippen molar-refractivity contribution in [3.8, 4) is 5.88 Å². The maximum absolute atomic E-state index is 5.90. The van der Waals surface area contributed by atoms with E-state index < -0.39 is 0 Å². The zero-order chi connectivity index (χ0) is 14.8. The van der Waals surface area contributed by atoms with Gasteiger partial charge in [-0.25, -0.2) is 9.97 Å². The van der Waals surface area contributed by atoms with Crippen molar-refractivity contribution < 1.29 is 4.74 Å². The van der Waals surface area contributed by atoms with Crippen molar-refractivity contribution in [2.45, 2.75) is 13.0 Å². The molecule has 0 aromatic carbocycles. The smallest absolute Gasteiger partial charge is 0.245 e. The number of imidazole rings is 1. The second-order valence-corrected chi connectivity index (χ2v) is 6.53. The third kappa shape index (κ3) is 2.77. The SMILES string of the molecule is COc1ncnc2c1nc(CCCl)n2Cc1sccc1Br. The standard InChI is InChI=1S/C13H12BrClN4OS/c1-20-13-11-12(16-7-17-13)19(10(18-11)2-4-15)6-9-8(14)3-5-21-9/h3,5,7H,2,4,6H2,1H3. The van der Waals surface area contributed by atoms with Gasteiger partial charge in [0.05, 0.1) is 13.7 Å². The number of aromatic nitrogens is 4. The molecular formula is C13H12BrClN4OS. The summed E-state index contributed by atoms with van der Waals surface area (Å²) in [5, 5.41) is 2.05. The Morgan fingerprint density at radius 1 is 1.43 bits per heavy atom. The van der Waals surface area contributed by atoms with E-state index in [1.807, 2.05) is 6.07 Å². The highest BCUT2D eigenvalue weighted by atomic mass is 79.9. The van der Waals surface area contributed by atoms with E-state index in [9.17, 15) is 0 Å². The Bertz CT molecular complexity index is 773. The first-order chi connectivity index (χ1) is 10.2. The van der Waals surface area contributed by atoms with E-state index in [1.165, 1.54) is 11.2 Å². The van der Waals surface area contributed by atoms with E-state index in [4.69, 9.17) is 16.3 Å². The summed E-state index contributed by atoms with van der Waals surface area (Å²) in [7, 11) is 1.58. The molecule has 3 heterocycles. The van der Waals surface area contributed by atoms with Crippen LogP contribution in [0.2, 0.25) is 0 Å². The third-order valence-corrected chi connectivity index (χ3v) is 5.18. The van der Waals surface area contributed by atoms with Crippen molar-refractivity contribution in [2.75, 3.05) is 13.0 Å². The van der Waals surface area contributed by atoms with Crippen molar-refractivity contribution in [3.63, 3.8) is 0 Å². The number of thiophene rings is 1. The fourth-order valence-electron chi connectivity index (χ4n) is 2.13. The average molecular weight is 388 g/mol. The second kappa shape index (κ2) is 6.29. The molecule has 3 rings (SSSR count). The molecule has 5 nitrogen and oxygen atoms in total. The lowest BCUT2D eigenvalue weighted by molar-refractivity contribution is 0.401. The molecule has 0 amide bonds. The van der Waals surface area contributed by atoms with E-state index in [-0.39, 0.29) is 0 Å². The number of nitrogens with zero attached hydrogens (tertiary/aromatic N) is 4. The summed E-state index contributed by atoms with van der Waals surface area (Å²) in [4.78, 5) is 14.3. The van der Waals surface area contributed by atoms with E-state index in [0.29, 0.717) is 30.2 Å². The van der Waals surface area contributed by atoms with Gasteiger partial charge in [-0.3, -0.25) is 0 Å². The van der Waals surface area contributed by atoms with Gasteiger partial charge in [0.2, 0.25) is 5.88 Å². The normalized spacial score (nSPS) is 11.2. The van der Waals surface area contributed by atoms with E-state index in [1.54, 1.807) is 18.4 Å². The van der Waals surface area contributed by atoms with Gasteiger partial charge in [-0.05, 0) is 27.4 Å². The van der Waals surface area contributed by atoms with Crippen molar-refractivity contribution in [3.05, 3.63) is 32.9 Å². The highest BCUT2D eigenvalue weighted by Crippen LogP contribution is 2.27. The van der Waals surface area contributed by atoms with Gasteiger partial charge in [0.1, 0.15) is 12.2 Å². The van der Waals surface area contributed by atoms with Crippen LogP contribution in [0.25, 0.3) is 11.2 Å². The molecule has 8 heteroatoms. The van der Waals surface area contributed by atoms with Crippen LogP contribution in [0, 0.1) is 0 Å². The minimum absolute atomic E-state index is 0.486. The fraction of sp³-hybridized carbons (Fsp3) is 0.308. The average Bonchev–Trinajstić information content (AvgIpc) is 3.05. The largest absolute Gasteiger partial charge is 0.479 e. The molecule has 0 saturated carbocycles. The first kappa shape index (κ1) is 14.7. The van der Waals surface area contributed by atoms with Crippen molar-refractivity contribution in [1.29, 1.82) is 0 Å². The molecule has 0 aliphatic rings. The van der Waals surface area contributed by atoms with Gasteiger partial charge in [-0.2, -0.15) is 4.98 Å². The Morgan fingerprint density at radius 3 is 2.95 bits per heavy atom. The van der Waals surface area contributed by atoms with E-state index >= 15 is 0 Å². The summed E-state index contributed by atoms with van der Waals surface area (Å²) in [6, 6.07) is 2.04. The van der Waals surface area contributed by atoms with Gasteiger partial charge in [-0.1, -0.05) is 0 Å².